The van der Waals surface area contributed by atoms with E-state index in [4.69, 9.17) is 0 Å². The lowest BCUT2D eigenvalue weighted by molar-refractivity contribution is -0.117. The Labute approximate surface area is 167 Å². The van der Waals surface area contributed by atoms with E-state index >= 15 is 0 Å². The number of benzene rings is 2. The van der Waals surface area contributed by atoms with Gasteiger partial charge in [-0.15, -0.1) is 6.58 Å². The van der Waals surface area contributed by atoms with E-state index in [1.54, 1.807) is 25.1 Å². The lowest BCUT2D eigenvalue weighted by Crippen LogP contribution is -2.33. The molecule has 0 aliphatic carbocycles. The molecule has 0 aliphatic rings. The first-order chi connectivity index (χ1) is 13.2. The Morgan fingerprint density at radius 2 is 1.82 bits per heavy atom. The Bertz CT molecular complexity index is 925. The van der Waals surface area contributed by atoms with Gasteiger partial charge in [0.15, 0.2) is 0 Å². The first-order valence-corrected chi connectivity index (χ1v) is 10.4. The molecule has 28 heavy (non-hydrogen) atoms. The molecule has 1 amide bonds. The van der Waals surface area contributed by atoms with Crippen LogP contribution in [0, 0.1) is 6.92 Å². The van der Waals surface area contributed by atoms with Crippen LogP contribution in [0.3, 0.4) is 0 Å². The van der Waals surface area contributed by atoms with Crippen molar-refractivity contribution >= 4 is 21.6 Å². The van der Waals surface area contributed by atoms with Gasteiger partial charge < -0.3 is 5.32 Å². The summed E-state index contributed by atoms with van der Waals surface area (Å²) in [6.45, 7) is 6.84. The van der Waals surface area contributed by atoms with Crippen LogP contribution in [0.1, 0.15) is 11.1 Å². The van der Waals surface area contributed by atoms with Crippen molar-refractivity contribution in [1.29, 1.82) is 0 Å². The van der Waals surface area contributed by atoms with Gasteiger partial charge in [-0.3, -0.25) is 9.69 Å². The van der Waals surface area contributed by atoms with Gasteiger partial charge in [-0.2, -0.15) is 0 Å². The van der Waals surface area contributed by atoms with Gasteiger partial charge in [0.2, 0.25) is 15.9 Å². The number of hydrogen-bond acceptors (Lipinski definition) is 4. The van der Waals surface area contributed by atoms with Gasteiger partial charge in [0.05, 0.1) is 11.4 Å². The van der Waals surface area contributed by atoms with Gasteiger partial charge in [0.1, 0.15) is 0 Å². The molecule has 0 fully saturated rings. The average Bonchev–Trinajstić information content (AvgIpc) is 2.64. The third-order valence-corrected chi connectivity index (χ3v) is 6.19. The van der Waals surface area contributed by atoms with Crippen LogP contribution < -0.4 is 5.32 Å². The SMILES string of the molecule is C=CCN(CC(=O)Nc1ccc(C)c(S(=O)(=O)N(C)C)c1)Cc1ccccc1. The van der Waals surface area contributed by atoms with Crippen molar-refractivity contribution in [2.45, 2.75) is 18.4 Å². The van der Waals surface area contributed by atoms with E-state index in [9.17, 15) is 13.2 Å². The van der Waals surface area contributed by atoms with Gasteiger partial charge in [-0.05, 0) is 30.2 Å². The summed E-state index contributed by atoms with van der Waals surface area (Å²) in [4.78, 5) is 14.7. The number of carbonyl (C=O) groups excluding carboxylic acids is 1. The van der Waals surface area contributed by atoms with Crippen molar-refractivity contribution in [1.82, 2.24) is 9.21 Å². The molecule has 0 unspecified atom stereocenters. The third kappa shape index (κ3) is 5.76. The minimum atomic E-state index is -3.58. The molecule has 0 aliphatic heterocycles. The lowest BCUT2D eigenvalue weighted by Gasteiger charge is -2.20. The first-order valence-electron chi connectivity index (χ1n) is 8.94. The van der Waals surface area contributed by atoms with E-state index in [0.717, 1.165) is 9.87 Å². The van der Waals surface area contributed by atoms with E-state index in [1.165, 1.54) is 20.2 Å². The van der Waals surface area contributed by atoms with Crippen LogP contribution in [-0.4, -0.2) is 50.7 Å². The number of hydrogen-bond donors (Lipinski definition) is 1. The fraction of sp³-hybridized carbons (Fsp3) is 0.286. The molecule has 0 heterocycles. The van der Waals surface area contributed by atoms with Crippen molar-refractivity contribution in [3.05, 3.63) is 72.3 Å². The summed E-state index contributed by atoms with van der Waals surface area (Å²) in [5.41, 5.74) is 2.19. The molecule has 6 nitrogen and oxygen atoms in total. The highest BCUT2D eigenvalue weighted by Crippen LogP contribution is 2.22. The number of nitrogens with zero attached hydrogens (tertiary/aromatic N) is 2. The second-order valence-corrected chi connectivity index (χ2v) is 8.88. The maximum Gasteiger partial charge on any atom is 0.242 e. The molecule has 0 saturated carbocycles. The largest absolute Gasteiger partial charge is 0.325 e. The van der Waals surface area contributed by atoms with E-state index in [-0.39, 0.29) is 17.3 Å². The highest BCUT2D eigenvalue weighted by Gasteiger charge is 2.20. The smallest absolute Gasteiger partial charge is 0.242 e. The van der Waals surface area contributed by atoms with Crippen molar-refractivity contribution in [2.24, 2.45) is 0 Å². The molecule has 0 aromatic heterocycles. The summed E-state index contributed by atoms with van der Waals surface area (Å²) >= 11 is 0. The molecule has 0 spiro atoms. The molecular formula is C21H27N3O3S. The zero-order chi connectivity index (χ0) is 20.7. The molecule has 150 valence electrons. The van der Waals surface area contributed by atoms with E-state index in [0.29, 0.717) is 24.3 Å². The molecule has 2 aromatic rings. The molecular weight excluding hydrogens is 374 g/mol. The number of carbonyl (C=O) groups is 1. The predicted octanol–water partition coefficient (Wildman–Crippen LogP) is 2.87. The minimum absolute atomic E-state index is 0.171. The number of nitrogens with one attached hydrogen (secondary N) is 1. The maximum absolute atomic E-state index is 12.5. The topological polar surface area (TPSA) is 69.7 Å². The fourth-order valence-corrected chi connectivity index (χ4v) is 3.91. The molecule has 1 N–H and O–H groups in total. The first kappa shape index (κ1) is 21.8. The molecule has 2 aromatic carbocycles. The Morgan fingerprint density at radius 1 is 1.14 bits per heavy atom. The number of aryl methyl sites for hydroxylation is 1. The predicted molar refractivity (Wildman–Crippen MR) is 113 cm³/mol. The van der Waals surface area contributed by atoms with Gasteiger partial charge in [-0.25, -0.2) is 12.7 Å². The quantitative estimate of drug-likeness (QED) is 0.656. The Kier molecular flexibility index (Phi) is 7.51. The minimum Gasteiger partial charge on any atom is -0.325 e. The second-order valence-electron chi connectivity index (χ2n) is 6.76. The maximum atomic E-state index is 12.5. The fourth-order valence-electron chi connectivity index (χ4n) is 2.77. The van der Waals surface area contributed by atoms with E-state index < -0.39 is 10.0 Å². The van der Waals surface area contributed by atoms with Crippen LogP contribution >= 0.6 is 0 Å². The van der Waals surface area contributed by atoms with Crippen molar-refractivity contribution in [3.63, 3.8) is 0 Å². The summed E-state index contributed by atoms with van der Waals surface area (Å²) in [7, 11) is -0.614. The van der Waals surface area contributed by atoms with Crippen LogP contribution in [-0.2, 0) is 21.4 Å². The Balaban J connectivity index is 2.12. The molecule has 0 atom stereocenters. The van der Waals surface area contributed by atoms with Crippen LogP contribution in [0.4, 0.5) is 5.69 Å². The summed E-state index contributed by atoms with van der Waals surface area (Å²) < 4.78 is 26.1. The molecule has 2 rings (SSSR count). The highest BCUT2D eigenvalue weighted by molar-refractivity contribution is 7.89. The van der Waals surface area contributed by atoms with Crippen molar-refractivity contribution < 1.29 is 13.2 Å². The summed E-state index contributed by atoms with van der Waals surface area (Å²) in [5, 5.41) is 2.80. The van der Waals surface area contributed by atoms with Crippen LogP contribution in [0.2, 0.25) is 0 Å². The second kappa shape index (κ2) is 9.64. The molecule has 0 saturated heterocycles. The van der Waals surface area contributed by atoms with E-state index in [2.05, 4.69) is 11.9 Å². The zero-order valence-corrected chi connectivity index (χ0v) is 17.4. The average molecular weight is 402 g/mol. The van der Waals surface area contributed by atoms with Gasteiger partial charge in [0.25, 0.3) is 0 Å². The monoisotopic (exact) mass is 401 g/mol. The van der Waals surface area contributed by atoms with Crippen LogP contribution in [0.25, 0.3) is 0 Å². The van der Waals surface area contributed by atoms with Gasteiger partial charge >= 0.3 is 0 Å². The molecule has 0 radical (unpaired) electrons. The Hall–Kier alpha value is -2.48. The molecule has 0 bridgehead atoms. The van der Waals surface area contributed by atoms with Crippen LogP contribution in [0.5, 0.6) is 0 Å². The lowest BCUT2D eigenvalue weighted by atomic mass is 10.2. The highest BCUT2D eigenvalue weighted by atomic mass is 32.2. The van der Waals surface area contributed by atoms with Gasteiger partial charge in [-0.1, -0.05) is 42.5 Å². The zero-order valence-electron chi connectivity index (χ0n) is 16.6. The number of rotatable bonds is 9. The summed E-state index contributed by atoms with van der Waals surface area (Å²) in [6, 6.07) is 14.8. The third-order valence-electron chi connectivity index (χ3n) is 4.23. The Morgan fingerprint density at radius 3 is 2.43 bits per heavy atom. The number of sulfonamides is 1. The normalized spacial score (nSPS) is 11.6. The summed E-state index contributed by atoms with van der Waals surface area (Å²) in [5.74, 6) is -0.213. The van der Waals surface area contributed by atoms with E-state index in [1.807, 2.05) is 35.2 Å². The standard InChI is InChI=1S/C21H27N3O3S/c1-5-13-24(15-18-9-7-6-8-10-18)16-21(25)22-19-12-11-17(2)20(14-19)28(26,27)23(3)4/h5-12,14H,1,13,15-16H2,2-4H3,(H,22,25). The van der Waals surface area contributed by atoms with Crippen molar-refractivity contribution in [3.8, 4) is 0 Å². The van der Waals surface area contributed by atoms with Gasteiger partial charge in [0, 0.05) is 32.9 Å². The number of amides is 1. The number of anilines is 1. The van der Waals surface area contributed by atoms with Crippen LogP contribution in [0.15, 0.2) is 66.1 Å². The van der Waals surface area contributed by atoms with Crippen molar-refractivity contribution in [2.75, 3.05) is 32.5 Å². The summed E-state index contributed by atoms with van der Waals surface area (Å²) in [6.07, 6.45) is 1.75. The molecule has 7 heteroatoms.